The van der Waals surface area contributed by atoms with Crippen molar-refractivity contribution in [3.05, 3.63) is 29.3 Å². The molecule has 90 valence electrons. The van der Waals surface area contributed by atoms with E-state index in [-0.39, 0.29) is 5.56 Å². The van der Waals surface area contributed by atoms with Gasteiger partial charge >= 0.3 is 0 Å². The molecule has 0 saturated heterocycles. The van der Waals surface area contributed by atoms with Gasteiger partial charge in [-0.3, -0.25) is 0 Å². The molecule has 1 N–H and O–H groups in total. The molecule has 5 heteroatoms. The van der Waals surface area contributed by atoms with Crippen molar-refractivity contribution in [1.29, 1.82) is 0 Å². The number of hydrogen-bond donors (Lipinski definition) is 1. The van der Waals surface area contributed by atoms with E-state index in [1.165, 1.54) is 12.1 Å². The predicted octanol–water partition coefficient (Wildman–Crippen LogP) is 2.78. The molecule has 0 aromatic heterocycles. The Morgan fingerprint density at radius 1 is 1.29 bits per heavy atom. The van der Waals surface area contributed by atoms with Crippen LogP contribution in [-0.2, 0) is 10.3 Å². The summed E-state index contributed by atoms with van der Waals surface area (Å²) in [7, 11) is 0. The first-order chi connectivity index (χ1) is 8.10. The highest BCUT2D eigenvalue weighted by Gasteiger charge is 2.39. The standard InChI is InChI=1S/C12H11F2NO2/c13-9-4-3-8(10(14)11(9)17)12(15-7-16)5-1-2-6-12/h3-4,17H,1-2,5-6H2. The Kier molecular flexibility index (Phi) is 2.94. The summed E-state index contributed by atoms with van der Waals surface area (Å²) in [5.74, 6) is -3.07. The SMILES string of the molecule is O=C=NC1(c2ccc(F)c(O)c2F)CCCC1. The van der Waals surface area contributed by atoms with E-state index in [2.05, 4.69) is 4.99 Å². The number of halogens is 2. The van der Waals surface area contributed by atoms with Gasteiger partial charge in [-0.15, -0.1) is 0 Å². The summed E-state index contributed by atoms with van der Waals surface area (Å²) in [5, 5.41) is 9.24. The van der Waals surface area contributed by atoms with Crippen LogP contribution in [0.2, 0.25) is 0 Å². The predicted molar refractivity (Wildman–Crippen MR) is 56.3 cm³/mol. The van der Waals surface area contributed by atoms with Crippen LogP contribution < -0.4 is 0 Å². The van der Waals surface area contributed by atoms with Crippen molar-refractivity contribution >= 4 is 6.08 Å². The zero-order valence-corrected chi connectivity index (χ0v) is 9.04. The lowest BCUT2D eigenvalue weighted by atomic mass is 9.88. The van der Waals surface area contributed by atoms with Crippen LogP contribution in [0, 0.1) is 11.6 Å². The molecule has 1 aliphatic carbocycles. The zero-order chi connectivity index (χ0) is 12.5. The van der Waals surface area contributed by atoms with E-state index in [0.717, 1.165) is 18.9 Å². The minimum absolute atomic E-state index is 0.0669. The first kappa shape index (κ1) is 11.7. The maximum atomic E-state index is 13.8. The summed E-state index contributed by atoms with van der Waals surface area (Å²) in [6.45, 7) is 0. The molecule has 0 heterocycles. The third-order valence-electron chi connectivity index (χ3n) is 3.26. The summed E-state index contributed by atoms with van der Waals surface area (Å²) in [6.07, 6.45) is 4.07. The minimum atomic E-state index is -1.04. The fourth-order valence-electron chi connectivity index (χ4n) is 2.39. The van der Waals surface area contributed by atoms with Crippen LogP contribution in [-0.4, -0.2) is 11.2 Å². The molecule has 0 aliphatic heterocycles. The van der Waals surface area contributed by atoms with Crippen LogP contribution in [0.3, 0.4) is 0 Å². The highest BCUT2D eigenvalue weighted by molar-refractivity contribution is 5.42. The van der Waals surface area contributed by atoms with E-state index in [1.807, 2.05) is 0 Å². The van der Waals surface area contributed by atoms with E-state index in [0.29, 0.717) is 12.8 Å². The van der Waals surface area contributed by atoms with E-state index in [4.69, 9.17) is 0 Å². The highest BCUT2D eigenvalue weighted by atomic mass is 19.1. The van der Waals surface area contributed by atoms with Crippen molar-refractivity contribution in [2.45, 2.75) is 31.2 Å². The van der Waals surface area contributed by atoms with Gasteiger partial charge in [0.05, 0.1) is 0 Å². The number of isocyanates is 1. The molecule has 2 rings (SSSR count). The minimum Gasteiger partial charge on any atom is -0.503 e. The average molecular weight is 239 g/mol. The van der Waals surface area contributed by atoms with Gasteiger partial charge < -0.3 is 5.11 Å². The van der Waals surface area contributed by atoms with Crippen LogP contribution in [0.25, 0.3) is 0 Å². The second-order valence-corrected chi connectivity index (χ2v) is 4.20. The molecule has 3 nitrogen and oxygen atoms in total. The van der Waals surface area contributed by atoms with Gasteiger partial charge in [-0.1, -0.05) is 18.9 Å². The first-order valence-corrected chi connectivity index (χ1v) is 5.37. The highest BCUT2D eigenvalue weighted by Crippen LogP contribution is 2.44. The molecular weight excluding hydrogens is 228 g/mol. The fourth-order valence-corrected chi connectivity index (χ4v) is 2.39. The van der Waals surface area contributed by atoms with E-state index in [9.17, 15) is 18.7 Å². The number of carbonyl (C=O) groups excluding carboxylic acids is 1. The summed E-state index contributed by atoms with van der Waals surface area (Å²) in [4.78, 5) is 14.1. The Morgan fingerprint density at radius 2 is 1.94 bits per heavy atom. The molecule has 0 bridgehead atoms. The van der Waals surface area contributed by atoms with Gasteiger partial charge in [0.1, 0.15) is 5.54 Å². The first-order valence-electron chi connectivity index (χ1n) is 5.37. The molecule has 1 fully saturated rings. The monoisotopic (exact) mass is 239 g/mol. The lowest BCUT2D eigenvalue weighted by molar-refractivity contribution is 0.371. The van der Waals surface area contributed by atoms with Gasteiger partial charge in [-0.05, 0) is 18.9 Å². The van der Waals surface area contributed by atoms with E-state index in [1.54, 1.807) is 0 Å². The smallest absolute Gasteiger partial charge is 0.235 e. The normalized spacial score (nSPS) is 17.8. The van der Waals surface area contributed by atoms with Gasteiger partial charge in [-0.2, -0.15) is 4.99 Å². The number of phenols is 1. The van der Waals surface area contributed by atoms with Crippen LogP contribution in [0.1, 0.15) is 31.2 Å². The van der Waals surface area contributed by atoms with Gasteiger partial charge in [0.15, 0.2) is 17.4 Å². The third kappa shape index (κ3) is 1.83. The quantitative estimate of drug-likeness (QED) is 0.637. The average Bonchev–Trinajstić information content (AvgIpc) is 2.76. The molecule has 1 aliphatic rings. The summed E-state index contributed by atoms with van der Waals surface area (Å²) < 4.78 is 26.8. The molecule has 0 spiro atoms. The van der Waals surface area contributed by atoms with Crippen molar-refractivity contribution in [1.82, 2.24) is 0 Å². The maximum Gasteiger partial charge on any atom is 0.235 e. The largest absolute Gasteiger partial charge is 0.503 e. The maximum absolute atomic E-state index is 13.8. The van der Waals surface area contributed by atoms with Gasteiger partial charge in [0.25, 0.3) is 0 Å². The number of aromatic hydroxyl groups is 1. The van der Waals surface area contributed by atoms with Crippen molar-refractivity contribution in [3.8, 4) is 5.75 Å². The Bertz CT molecular complexity index is 490. The Labute approximate surface area is 96.8 Å². The number of hydrogen-bond acceptors (Lipinski definition) is 3. The van der Waals surface area contributed by atoms with Crippen molar-refractivity contribution in [3.63, 3.8) is 0 Å². The summed E-state index contributed by atoms with van der Waals surface area (Å²) in [5.41, 5.74) is -0.922. The van der Waals surface area contributed by atoms with E-state index < -0.39 is 22.9 Å². The molecule has 1 aromatic carbocycles. The number of phenolic OH excluding ortho intramolecular Hbond substituents is 1. The summed E-state index contributed by atoms with van der Waals surface area (Å²) in [6, 6.07) is 2.21. The molecule has 0 amide bonds. The number of rotatable bonds is 2. The van der Waals surface area contributed by atoms with Crippen molar-refractivity contribution in [2.24, 2.45) is 4.99 Å². The molecular formula is C12H11F2NO2. The Morgan fingerprint density at radius 3 is 2.53 bits per heavy atom. The van der Waals surface area contributed by atoms with E-state index >= 15 is 0 Å². The zero-order valence-electron chi connectivity index (χ0n) is 9.04. The summed E-state index contributed by atoms with van der Waals surface area (Å²) >= 11 is 0. The molecule has 0 radical (unpaired) electrons. The van der Waals surface area contributed by atoms with Crippen molar-refractivity contribution < 1.29 is 18.7 Å². The van der Waals surface area contributed by atoms with Crippen LogP contribution in [0.5, 0.6) is 5.75 Å². The van der Waals surface area contributed by atoms with Crippen LogP contribution in [0.4, 0.5) is 8.78 Å². The van der Waals surface area contributed by atoms with Crippen LogP contribution in [0.15, 0.2) is 17.1 Å². The molecule has 1 aromatic rings. The molecule has 1 saturated carbocycles. The second kappa shape index (κ2) is 4.26. The third-order valence-corrected chi connectivity index (χ3v) is 3.26. The number of benzene rings is 1. The molecule has 0 atom stereocenters. The number of aliphatic imine (C=N–C) groups is 1. The van der Waals surface area contributed by atoms with Gasteiger partial charge in [0, 0.05) is 5.56 Å². The lowest BCUT2D eigenvalue weighted by Crippen LogP contribution is -2.20. The second-order valence-electron chi connectivity index (χ2n) is 4.20. The van der Waals surface area contributed by atoms with Gasteiger partial charge in [0.2, 0.25) is 6.08 Å². The van der Waals surface area contributed by atoms with Crippen molar-refractivity contribution in [2.75, 3.05) is 0 Å². The fraction of sp³-hybridized carbons (Fsp3) is 0.417. The topological polar surface area (TPSA) is 49.7 Å². The lowest BCUT2D eigenvalue weighted by Gasteiger charge is -2.23. The number of nitrogens with zero attached hydrogens (tertiary/aromatic N) is 1. The van der Waals surface area contributed by atoms with Gasteiger partial charge in [-0.25, -0.2) is 13.6 Å². The molecule has 0 unspecified atom stereocenters. The molecule has 17 heavy (non-hydrogen) atoms. The Hall–Kier alpha value is -1.74. The van der Waals surface area contributed by atoms with Crippen LogP contribution >= 0.6 is 0 Å². The Balaban J connectivity index is 2.58.